The second kappa shape index (κ2) is 13.4. The third kappa shape index (κ3) is 5.19. The SMILES string of the molecule is c1ccc(-n2c3cccc(-c4cccc(-c5nc(-c6cccc7ccccc67)nc(-c6cccc7ccccc67)n5)c4)c3c3c4cccc5c4n(c32)-c2ccccc2S5)cc1. The first-order chi connectivity index (χ1) is 30.3. The van der Waals surface area contributed by atoms with E-state index < -0.39 is 0 Å². The maximum Gasteiger partial charge on any atom is 0.164 e. The minimum absolute atomic E-state index is 0.627. The minimum Gasteiger partial charge on any atom is -0.295 e. The molecule has 0 aliphatic carbocycles. The van der Waals surface area contributed by atoms with Crippen LogP contribution >= 0.6 is 11.8 Å². The van der Waals surface area contributed by atoms with Gasteiger partial charge in [0, 0.05) is 48.3 Å². The molecule has 3 aromatic heterocycles. The van der Waals surface area contributed by atoms with E-state index >= 15 is 0 Å². The van der Waals surface area contributed by atoms with Gasteiger partial charge < -0.3 is 0 Å². The summed E-state index contributed by atoms with van der Waals surface area (Å²) >= 11 is 1.85. The summed E-state index contributed by atoms with van der Waals surface area (Å²) in [5.74, 6) is 1.92. The topological polar surface area (TPSA) is 48.5 Å². The van der Waals surface area contributed by atoms with E-state index in [0.29, 0.717) is 17.5 Å². The van der Waals surface area contributed by atoms with Gasteiger partial charge in [-0.2, -0.15) is 0 Å². The molecule has 0 radical (unpaired) electrons. The van der Waals surface area contributed by atoms with Gasteiger partial charge in [0.25, 0.3) is 0 Å². The van der Waals surface area contributed by atoms with Crippen molar-refractivity contribution >= 4 is 66.1 Å². The summed E-state index contributed by atoms with van der Waals surface area (Å²) in [4.78, 5) is 18.3. The molecule has 0 saturated heterocycles. The van der Waals surface area contributed by atoms with Crippen LogP contribution in [0.1, 0.15) is 0 Å². The Hall–Kier alpha value is -7.80. The van der Waals surface area contributed by atoms with Gasteiger partial charge in [-0.3, -0.25) is 9.13 Å². The van der Waals surface area contributed by atoms with Gasteiger partial charge >= 0.3 is 0 Å². The second-order valence-corrected chi connectivity index (χ2v) is 16.7. The molecule has 9 aromatic carbocycles. The fourth-order valence-corrected chi connectivity index (χ4v) is 10.6. The van der Waals surface area contributed by atoms with E-state index in [4.69, 9.17) is 15.0 Å². The van der Waals surface area contributed by atoms with Crippen LogP contribution in [0.15, 0.2) is 210 Å². The number of hydrogen-bond donors (Lipinski definition) is 0. The molecule has 1 aliphatic rings. The van der Waals surface area contributed by atoms with Gasteiger partial charge in [0.05, 0.1) is 16.7 Å². The monoisotopic (exact) mass is 795 g/mol. The van der Waals surface area contributed by atoms with Crippen LogP contribution in [0.5, 0.6) is 0 Å². The molecular formula is C55H33N5S. The summed E-state index contributed by atoms with van der Waals surface area (Å²) in [5.41, 5.74) is 11.0. The van der Waals surface area contributed by atoms with Crippen molar-refractivity contribution < 1.29 is 0 Å². The van der Waals surface area contributed by atoms with Crippen LogP contribution in [0.25, 0.3) is 111 Å². The van der Waals surface area contributed by atoms with Crippen LogP contribution in [-0.2, 0) is 0 Å². The largest absolute Gasteiger partial charge is 0.295 e. The van der Waals surface area contributed by atoms with Crippen molar-refractivity contribution in [3.63, 3.8) is 0 Å². The quantitative estimate of drug-likeness (QED) is 0.174. The average molecular weight is 796 g/mol. The molecule has 0 fully saturated rings. The van der Waals surface area contributed by atoms with E-state index in [0.717, 1.165) is 66.2 Å². The number of hydrogen-bond acceptors (Lipinski definition) is 4. The van der Waals surface area contributed by atoms with Crippen LogP contribution in [0.4, 0.5) is 0 Å². The lowest BCUT2D eigenvalue weighted by Crippen LogP contribution is -2.05. The van der Waals surface area contributed by atoms with Crippen molar-refractivity contribution in [1.82, 2.24) is 24.1 Å². The van der Waals surface area contributed by atoms with Gasteiger partial charge in [-0.25, -0.2) is 15.0 Å². The molecule has 0 spiro atoms. The zero-order valence-electron chi connectivity index (χ0n) is 32.7. The Morgan fingerprint density at radius 2 is 0.934 bits per heavy atom. The third-order valence-electron chi connectivity index (χ3n) is 12.1. The fraction of sp³-hybridized carbons (Fsp3) is 0. The molecule has 6 heteroatoms. The van der Waals surface area contributed by atoms with Gasteiger partial charge in [0.1, 0.15) is 5.65 Å². The van der Waals surface area contributed by atoms with Gasteiger partial charge in [-0.15, -0.1) is 0 Å². The number of aromatic nitrogens is 5. The molecule has 0 atom stereocenters. The Kier molecular flexibility index (Phi) is 7.47. The smallest absolute Gasteiger partial charge is 0.164 e. The first-order valence-electron chi connectivity index (χ1n) is 20.5. The van der Waals surface area contributed by atoms with Gasteiger partial charge in [-0.1, -0.05) is 169 Å². The molecule has 4 heterocycles. The summed E-state index contributed by atoms with van der Waals surface area (Å²) in [6.07, 6.45) is 0. The van der Waals surface area contributed by atoms with E-state index in [2.05, 4.69) is 209 Å². The molecule has 0 saturated carbocycles. The number of fused-ring (bicyclic) bond motifs is 9. The molecule has 1 aliphatic heterocycles. The summed E-state index contributed by atoms with van der Waals surface area (Å²) in [6.45, 7) is 0. The van der Waals surface area contributed by atoms with Crippen molar-refractivity contribution in [2.75, 3.05) is 0 Å². The normalized spacial score (nSPS) is 12.2. The van der Waals surface area contributed by atoms with Crippen molar-refractivity contribution in [3.05, 3.63) is 200 Å². The van der Waals surface area contributed by atoms with Gasteiger partial charge in [0.15, 0.2) is 17.5 Å². The van der Waals surface area contributed by atoms with Gasteiger partial charge in [0.2, 0.25) is 0 Å². The number of para-hydroxylation sites is 3. The molecule has 0 bridgehead atoms. The Morgan fingerprint density at radius 3 is 1.70 bits per heavy atom. The molecule has 5 nitrogen and oxygen atoms in total. The zero-order valence-corrected chi connectivity index (χ0v) is 33.5. The second-order valence-electron chi connectivity index (χ2n) is 15.6. The highest BCUT2D eigenvalue weighted by Gasteiger charge is 2.29. The fourth-order valence-electron chi connectivity index (χ4n) is 9.51. The Labute approximate surface area is 355 Å². The van der Waals surface area contributed by atoms with E-state index in [-0.39, 0.29) is 0 Å². The molecule has 0 amide bonds. The molecule has 12 aromatic rings. The predicted octanol–water partition coefficient (Wildman–Crippen LogP) is 14.4. The molecule has 13 rings (SSSR count). The maximum absolute atomic E-state index is 5.28. The Morgan fingerprint density at radius 1 is 0.377 bits per heavy atom. The highest BCUT2D eigenvalue weighted by molar-refractivity contribution is 7.99. The molecule has 61 heavy (non-hydrogen) atoms. The number of nitrogens with zero attached hydrogens (tertiary/aromatic N) is 5. The predicted molar refractivity (Wildman–Crippen MR) is 252 cm³/mol. The minimum atomic E-state index is 0.627. The maximum atomic E-state index is 5.28. The average Bonchev–Trinajstić information content (AvgIpc) is 3.85. The van der Waals surface area contributed by atoms with E-state index in [9.17, 15) is 0 Å². The Bertz CT molecular complexity index is 3640. The van der Waals surface area contributed by atoms with E-state index in [1.807, 2.05) is 11.8 Å². The lowest BCUT2D eigenvalue weighted by molar-refractivity contribution is 1.03. The number of benzene rings is 9. The summed E-state index contributed by atoms with van der Waals surface area (Å²) in [7, 11) is 0. The van der Waals surface area contributed by atoms with Crippen LogP contribution in [0.3, 0.4) is 0 Å². The molecular weight excluding hydrogens is 763 g/mol. The highest BCUT2D eigenvalue weighted by Crippen LogP contribution is 2.51. The lowest BCUT2D eigenvalue weighted by Gasteiger charge is -2.21. The van der Waals surface area contributed by atoms with Crippen molar-refractivity contribution in [2.45, 2.75) is 9.79 Å². The standard InChI is InChI=1S/C55H33N5S/c1-2-21-38(22-3-1)59-46-30-13-25-41(49(46)50-44-28-14-32-48-51(44)60(55(50)59)45-29-8-9-31-47(45)61-48)36-19-10-20-37(33-36)52-56-53(42-26-11-17-34-15-4-6-23-39(34)42)58-54(57-52)43-27-12-18-35-16-5-7-24-40(35)43/h1-33H. The summed E-state index contributed by atoms with van der Waals surface area (Å²) in [6, 6.07) is 71.3. The Balaban J connectivity index is 1.08. The van der Waals surface area contributed by atoms with Crippen LogP contribution in [-0.4, -0.2) is 24.1 Å². The molecule has 0 N–H and O–H groups in total. The first-order valence-corrected chi connectivity index (χ1v) is 21.3. The van der Waals surface area contributed by atoms with Crippen LogP contribution in [0.2, 0.25) is 0 Å². The van der Waals surface area contributed by atoms with E-state index in [1.165, 1.54) is 37.2 Å². The molecule has 284 valence electrons. The lowest BCUT2D eigenvalue weighted by atomic mass is 9.97. The highest BCUT2D eigenvalue weighted by atomic mass is 32.2. The van der Waals surface area contributed by atoms with E-state index in [1.54, 1.807) is 0 Å². The van der Waals surface area contributed by atoms with Crippen molar-refractivity contribution in [3.8, 4) is 56.7 Å². The van der Waals surface area contributed by atoms with Crippen molar-refractivity contribution in [2.24, 2.45) is 0 Å². The van der Waals surface area contributed by atoms with Crippen LogP contribution in [0, 0.1) is 0 Å². The number of rotatable bonds is 5. The van der Waals surface area contributed by atoms with Crippen molar-refractivity contribution in [1.29, 1.82) is 0 Å². The summed E-state index contributed by atoms with van der Waals surface area (Å²) in [5, 5.41) is 8.19. The third-order valence-corrected chi connectivity index (χ3v) is 13.3. The first kappa shape index (κ1) is 34.1. The zero-order chi connectivity index (χ0) is 40.0. The van der Waals surface area contributed by atoms with Gasteiger partial charge in [-0.05, 0) is 75.1 Å². The summed E-state index contributed by atoms with van der Waals surface area (Å²) < 4.78 is 4.95. The molecule has 0 unspecified atom stereocenters. The van der Waals surface area contributed by atoms with Crippen LogP contribution < -0.4 is 0 Å².